The van der Waals surface area contributed by atoms with Crippen molar-refractivity contribution in [2.45, 2.75) is 71.4 Å². The van der Waals surface area contributed by atoms with Crippen LogP contribution in [0.2, 0.25) is 0 Å². The third-order valence-electron chi connectivity index (χ3n) is 5.91. The number of hydrogen-bond donors (Lipinski definition) is 2. The molecule has 2 atom stereocenters. The third kappa shape index (κ3) is 4.81. The van der Waals surface area contributed by atoms with Gasteiger partial charge in [-0.2, -0.15) is 0 Å². The Bertz CT molecular complexity index is 828. The molecule has 1 aliphatic heterocycles. The van der Waals surface area contributed by atoms with Gasteiger partial charge in [0.15, 0.2) is 0 Å². The van der Waals surface area contributed by atoms with Gasteiger partial charge in [0, 0.05) is 23.8 Å². The average Bonchev–Trinajstić information content (AvgIpc) is 2.72. The summed E-state index contributed by atoms with van der Waals surface area (Å²) in [5.74, 6) is 0.717. The van der Waals surface area contributed by atoms with E-state index < -0.39 is 0 Å². The summed E-state index contributed by atoms with van der Waals surface area (Å²) in [6.07, 6.45) is 3.32. The van der Waals surface area contributed by atoms with Crippen molar-refractivity contribution in [1.82, 2.24) is 0 Å². The molecule has 0 saturated heterocycles. The lowest BCUT2D eigenvalue weighted by Gasteiger charge is -2.40. The third-order valence-corrected chi connectivity index (χ3v) is 5.91. The molecule has 0 saturated carbocycles. The second-order valence-corrected chi connectivity index (χ2v) is 8.46. The lowest BCUT2D eigenvalue weighted by Crippen LogP contribution is -2.44. The quantitative estimate of drug-likeness (QED) is 0.663. The summed E-state index contributed by atoms with van der Waals surface area (Å²) >= 11 is 0. The Morgan fingerprint density at radius 3 is 2.55 bits per heavy atom. The van der Waals surface area contributed by atoms with E-state index in [1.54, 1.807) is 0 Å². The van der Waals surface area contributed by atoms with Gasteiger partial charge in [-0.1, -0.05) is 45.0 Å². The first-order valence-corrected chi connectivity index (χ1v) is 11.0. The summed E-state index contributed by atoms with van der Waals surface area (Å²) in [7, 11) is 0. The van der Waals surface area contributed by atoms with E-state index in [0.29, 0.717) is 18.9 Å². The van der Waals surface area contributed by atoms with Crippen molar-refractivity contribution in [2.75, 3.05) is 16.8 Å². The van der Waals surface area contributed by atoms with Crippen molar-refractivity contribution in [2.24, 2.45) is 5.73 Å². The van der Waals surface area contributed by atoms with Crippen LogP contribution in [0.5, 0.6) is 0 Å². The monoisotopic (exact) mass is 393 g/mol. The summed E-state index contributed by atoms with van der Waals surface area (Å²) in [6.45, 7) is 9.20. The number of fused-ring (bicyclic) bond motifs is 1. The Morgan fingerprint density at radius 2 is 1.93 bits per heavy atom. The molecule has 4 heteroatoms. The van der Waals surface area contributed by atoms with Gasteiger partial charge in [0.1, 0.15) is 0 Å². The van der Waals surface area contributed by atoms with Crippen LogP contribution in [0.25, 0.3) is 0 Å². The van der Waals surface area contributed by atoms with E-state index in [-0.39, 0.29) is 18.0 Å². The van der Waals surface area contributed by atoms with Crippen molar-refractivity contribution >= 4 is 17.3 Å². The fraction of sp³-hybridized carbons (Fsp3) is 0.480. The topological polar surface area (TPSA) is 58.4 Å². The first-order valence-electron chi connectivity index (χ1n) is 11.0. The zero-order chi connectivity index (χ0) is 21.0. The molecule has 2 aromatic carbocycles. The van der Waals surface area contributed by atoms with Crippen molar-refractivity contribution in [3.8, 4) is 0 Å². The summed E-state index contributed by atoms with van der Waals surface area (Å²) in [5.41, 5.74) is 11.7. The lowest BCUT2D eigenvalue weighted by atomic mass is 9.89. The zero-order valence-corrected chi connectivity index (χ0v) is 18.2. The maximum atomic E-state index is 12.7. The van der Waals surface area contributed by atoms with Crippen LogP contribution < -0.4 is 16.0 Å². The molecule has 3 N–H and O–H groups in total. The van der Waals surface area contributed by atoms with Crippen molar-refractivity contribution in [3.63, 3.8) is 0 Å². The second-order valence-electron chi connectivity index (χ2n) is 8.46. The number of nitrogens with zero attached hydrogens (tertiary/aromatic N) is 1. The van der Waals surface area contributed by atoms with Gasteiger partial charge in [0.25, 0.3) is 0 Å². The van der Waals surface area contributed by atoms with E-state index in [1.807, 2.05) is 11.8 Å². The lowest BCUT2D eigenvalue weighted by molar-refractivity contribution is -0.118. The first kappa shape index (κ1) is 21.4. The summed E-state index contributed by atoms with van der Waals surface area (Å²) in [6, 6.07) is 15.7. The maximum absolute atomic E-state index is 12.7. The highest BCUT2D eigenvalue weighted by atomic mass is 16.2. The van der Waals surface area contributed by atoms with Crippen LogP contribution in [0, 0.1) is 0 Å². The summed E-state index contributed by atoms with van der Waals surface area (Å²) < 4.78 is 0. The van der Waals surface area contributed by atoms with Gasteiger partial charge in [-0.3, -0.25) is 4.79 Å². The average molecular weight is 394 g/mol. The van der Waals surface area contributed by atoms with E-state index >= 15 is 0 Å². The predicted molar refractivity (Wildman–Crippen MR) is 123 cm³/mol. The highest BCUT2D eigenvalue weighted by Crippen LogP contribution is 2.40. The molecule has 0 aliphatic carbocycles. The Kier molecular flexibility index (Phi) is 6.96. The maximum Gasteiger partial charge on any atom is 0.226 e. The highest BCUT2D eigenvalue weighted by Gasteiger charge is 2.33. The minimum absolute atomic E-state index is 0.159. The molecule has 4 nitrogen and oxygen atoms in total. The molecule has 3 rings (SSSR count). The molecule has 156 valence electrons. The number of rotatable bonds is 7. The summed E-state index contributed by atoms with van der Waals surface area (Å²) in [4.78, 5) is 14.7. The van der Waals surface area contributed by atoms with Crippen LogP contribution in [0.15, 0.2) is 42.5 Å². The SMILES string of the molecule is CCC(=O)N1c2cc(CCCN)ccc2C(Nc2ccc(C(C)C)cc2)CC1C. The number of hydrogen-bond acceptors (Lipinski definition) is 3. The zero-order valence-electron chi connectivity index (χ0n) is 18.2. The van der Waals surface area contributed by atoms with Gasteiger partial charge in [-0.25, -0.2) is 0 Å². The number of aryl methyl sites for hydroxylation is 1. The van der Waals surface area contributed by atoms with Gasteiger partial charge >= 0.3 is 0 Å². The number of benzene rings is 2. The number of carbonyl (C=O) groups excluding carboxylic acids is 1. The first-order chi connectivity index (χ1) is 13.9. The molecular formula is C25H35N3O. The van der Waals surface area contributed by atoms with Crippen LogP contribution in [0.1, 0.15) is 75.6 Å². The van der Waals surface area contributed by atoms with Gasteiger partial charge in [-0.15, -0.1) is 0 Å². The van der Waals surface area contributed by atoms with Crippen LogP contribution in [0.4, 0.5) is 11.4 Å². The molecular weight excluding hydrogens is 358 g/mol. The largest absolute Gasteiger partial charge is 0.378 e. The standard InChI is InChI=1S/C25H35N3O/c1-5-25(29)28-18(4)15-23(27-21-11-9-20(10-12-21)17(2)3)22-13-8-19(7-6-14-26)16-24(22)28/h8-13,16-18,23,27H,5-7,14-15,26H2,1-4H3. The predicted octanol–water partition coefficient (Wildman–Crippen LogP) is 5.39. The second kappa shape index (κ2) is 9.45. The number of nitrogens with one attached hydrogen (secondary N) is 1. The van der Waals surface area contributed by atoms with Crippen LogP contribution >= 0.6 is 0 Å². The molecule has 0 aromatic heterocycles. The molecule has 0 radical (unpaired) electrons. The molecule has 0 bridgehead atoms. The Morgan fingerprint density at radius 1 is 1.21 bits per heavy atom. The fourth-order valence-electron chi connectivity index (χ4n) is 4.22. The number of amides is 1. The normalized spacial score (nSPS) is 18.6. The van der Waals surface area contributed by atoms with Crippen molar-refractivity contribution < 1.29 is 4.79 Å². The minimum Gasteiger partial charge on any atom is -0.378 e. The molecule has 1 heterocycles. The molecule has 2 aromatic rings. The van der Waals surface area contributed by atoms with Crippen molar-refractivity contribution in [1.29, 1.82) is 0 Å². The minimum atomic E-state index is 0.159. The van der Waals surface area contributed by atoms with E-state index in [1.165, 1.54) is 16.7 Å². The van der Waals surface area contributed by atoms with Gasteiger partial charge in [0.05, 0.1) is 6.04 Å². The molecule has 29 heavy (non-hydrogen) atoms. The van der Waals surface area contributed by atoms with E-state index in [2.05, 4.69) is 68.6 Å². The van der Waals surface area contributed by atoms with Crippen LogP contribution in [-0.4, -0.2) is 18.5 Å². The van der Waals surface area contributed by atoms with Gasteiger partial charge < -0.3 is 16.0 Å². The van der Waals surface area contributed by atoms with Gasteiger partial charge in [-0.05, 0) is 73.5 Å². The Balaban J connectivity index is 1.92. The van der Waals surface area contributed by atoms with E-state index in [9.17, 15) is 4.79 Å². The number of nitrogens with two attached hydrogens (primary N) is 1. The Hall–Kier alpha value is -2.33. The van der Waals surface area contributed by atoms with E-state index in [0.717, 1.165) is 30.6 Å². The Labute approximate surface area is 175 Å². The smallest absolute Gasteiger partial charge is 0.226 e. The highest BCUT2D eigenvalue weighted by molar-refractivity contribution is 5.95. The van der Waals surface area contributed by atoms with Crippen molar-refractivity contribution in [3.05, 3.63) is 59.2 Å². The van der Waals surface area contributed by atoms with Crippen LogP contribution in [0.3, 0.4) is 0 Å². The molecule has 2 unspecified atom stereocenters. The number of anilines is 2. The van der Waals surface area contributed by atoms with Gasteiger partial charge in [0.2, 0.25) is 5.91 Å². The molecule has 0 spiro atoms. The molecule has 1 amide bonds. The molecule has 0 fully saturated rings. The summed E-state index contributed by atoms with van der Waals surface area (Å²) in [5, 5.41) is 3.72. The fourth-order valence-corrected chi connectivity index (χ4v) is 4.22. The number of carbonyl (C=O) groups is 1. The van der Waals surface area contributed by atoms with Crippen LogP contribution in [-0.2, 0) is 11.2 Å². The van der Waals surface area contributed by atoms with E-state index in [4.69, 9.17) is 5.73 Å². The molecule has 1 aliphatic rings.